The molecule has 1 aromatic heterocycles. The minimum atomic E-state index is -2.62. The first kappa shape index (κ1) is 8.95. The molecule has 0 fully saturated rings. The van der Waals surface area contributed by atoms with Gasteiger partial charge >= 0.3 is 0 Å². The lowest BCUT2D eigenvalue weighted by Gasteiger charge is -1.99. The van der Waals surface area contributed by atoms with Crippen LogP contribution in [-0.4, -0.2) is 4.98 Å². The van der Waals surface area contributed by atoms with Gasteiger partial charge in [-0.25, -0.2) is 13.8 Å². The normalized spacial score (nSPS) is 9.92. The van der Waals surface area contributed by atoms with Gasteiger partial charge in [0.15, 0.2) is 0 Å². The molecular formula is C8H4ClF2N. The third-order valence-corrected chi connectivity index (χ3v) is 1.54. The number of terminal acetylenes is 1. The Labute approximate surface area is 73.4 Å². The summed E-state index contributed by atoms with van der Waals surface area (Å²) in [5.74, 6) is 2.22. The van der Waals surface area contributed by atoms with Crippen LogP contribution in [0.4, 0.5) is 8.78 Å². The number of aromatic nitrogens is 1. The van der Waals surface area contributed by atoms with E-state index in [0.717, 1.165) is 6.07 Å². The van der Waals surface area contributed by atoms with Crippen molar-refractivity contribution in [3.63, 3.8) is 0 Å². The van der Waals surface area contributed by atoms with Crippen molar-refractivity contribution in [2.75, 3.05) is 0 Å². The Bertz CT molecular complexity index is 330. The fourth-order valence-electron chi connectivity index (χ4n) is 0.678. The lowest BCUT2D eigenvalue weighted by molar-refractivity contribution is 0.146. The molecule has 0 aromatic carbocycles. The second-order valence-electron chi connectivity index (χ2n) is 2.02. The summed E-state index contributed by atoms with van der Waals surface area (Å²) >= 11 is 5.49. The first-order valence-corrected chi connectivity index (χ1v) is 3.44. The standard InChI is InChI=1S/C8H4ClF2N/c1-2-5-3-4-6(8(10)11)12-7(5)9/h1,3-4,8H. The minimum absolute atomic E-state index is 0.0599. The molecule has 0 radical (unpaired) electrons. The van der Waals surface area contributed by atoms with Gasteiger partial charge in [0.1, 0.15) is 10.8 Å². The minimum Gasteiger partial charge on any atom is -0.234 e. The number of rotatable bonds is 1. The molecule has 0 aliphatic rings. The highest BCUT2D eigenvalue weighted by molar-refractivity contribution is 6.30. The molecule has 1 aromatic rings. The fourth-order valence-corrected chi connectivity index (χ4v) is 0.893. The van der Waals surface area contributed by atoms with E-state index in [1.165, 1.54) is 6.07 Å². The Morgan fingerprint density at radius 1 is 1.50 bits per heavy atom. The second kappa shape index (κ2) is 3.51. The summed E-state index contributed by atoms with van der Waals surface area (Å²) in [6.07, 6.45) is 2.40. The lowest BCUT2D eigenvalue weighted by Crippen LogP contribution is -1.91. The van der Waals surface area contributed by atoms with E-state index in [1.807, 2.05) is 0 Å². The highest BCUT2D eigenvalue weighted by Crippen LogP contribution is 2.20. The number of alkyl halides is 2. The Balaban J connectivity index is 3.12. The number of halogens is 3. The van der Waals surface area contributed by atoms with E-state index in [2.05, 4.69) is 10.9 Å². The van der Waals surface area contributed by atoms with E-state index >= 15 is 0 Å². The van der Waals surface area contributed by atoms with Gasteiger partial charge in [-0.1, -0.05) is 17.5 Å². The predicted molar refractivity (Wildman–Crippen MR) is 42.1 cm³/mol. The topological polar surface area (TPSA) is 12.9 Å². The van der Waals surface area contributed by atoms with Gasteiger partial charge in [0.05, 0.1) is 5.56 Å². The number of nitrogens with zero attached hydrogens (tertiary/aromatic N) is 1. The van der Waals surface area contributed by atoms with Crippen LogP contribution in [-0.2, 0) is 0 Å². The van der Waals surface area contributed by atoms with Gasteiger partial charge in [-0.3, -0.25) is 0 Å². The smallest absolute Gasteiger partial charge is 0.234 e. The van der Waals surface area contributed by atoms with Gasteiger partial charge in [0, 0.05) is 0 Å². The van der Waals surface area contributed by atoms with Gasteiger partial charge < -0.3 is 0 Å². The van der Waals surface area contributed by atoms with Crippen LogP contribution in [0.25, 0.3) is 0 Å². The van der Waals surface area contributed by atoms with E-state index < -0.39 is 6.43 Å². The summed E-state index contributed by atoms with van der Waals surface area (Å²) in [5, 5.41) is -0.0599. The molecule has 0 aliphatic carbocycles. The number of hydrogen-bond donors (Lipinski definition) is 0. The fraction of sp³-hybridized carbons (Fsp3) is 0.125. The summed E-state index contributed by atoms with van der Waals surface area (Å²) in [6, 6.07) is 2.50. The summed E-state index contributed by atoms with van der Waals surface area (Å²) in [5.41, 5.74) is -0.0416. The van der Waals surface area contributed by atoms with Gasteiger partial charge in [-0.15, -0.1) is 6.42 Å². The Kier molecular flexibility index (Phi) is 2.61. The molecular weight excluding hydrogens is 184 g/mol. The van der Waals surface area contributed by atoms with E-state index in [0.29, 0.717) is 5.56 Å². The van der Waals surface area contributed by atoms with Crippen molar-refractivity contribution in [2.24, 2.45) is 0 Å². The van der Waals surface area contributed by atoms with Crippen LogP contribution >= 0.6 is 11.6 Å². The summed E-state index contributed by atoms with van der Waals surface area (Å²) < 4.78 is 24.0. The van der Waals surface area contributed by atoms with Crippen molar-refractivity contribution >= 4 is 11.6 Å². The average molecular weight is 188 g/mol. The van der Waals surface area contributed by atoms with E-state index in [-0.39, 0.29) is 10.8 Å². The predicted octanol–water partition coefficient (Wildman–Crippen LogP) is 2.65. The maximum Gasteiger partial charge on any atom is 0.280 e. The molecule has 0 saturated carbocycles. The molecule has 0 N–H and O–H groups in total. The molecule has 1 rings (SSSR count). The third-order valence-electron chi connectivity index (χ3n) is 1.25. The van der Waals surface area contributed by atoms with Crippen LogP contribution < -0.4 is 0 Å². The van der Waals surface area contributed by atoms with Crippen molar-refractivity contribution in [2.45, 2.75) is 6.43 Å². The summed E-state index contributed by atoms with van der Waals surface area (Å²) in [7, 11) is 0. The molecule has 1 nitrogen and oxygen atoms in total. The van der Waals surface area contributed by atoms with E-state index in [1.54, 1.807) is 0 Å². The Morgan fingerprint density at radius 2 is 2.17 bits per heavy atom. The van der Waals surface area contributed by atoms with E-state index in [9.17, 15) is 8.78 Å². The van der Waals surface area contributed by atoms with Gasteiger partial charge in [0.25, 0.3) is 6.43 Å². The van der Waals surface area contributed by atoms with Crippen molar-refractivity contribution < 1.29 is 8.78 Å². The molecule has 0 amide bonds. The number of pyridine rings is 1. The first-order chi connectivity index (χ1) is 5.65. The van der Waals surface area contributed by atoms with Crippen LogP contribution in [0.2, 0.25) is 5.15 Å². The quantitative estimate of drug-likeness (QED) is 0.487. The molecule has 0 aliphatic heterocycles. The molecule has 4 heteroatoms. The first-order valence-electron chi connectivity index (χ1n) is 3.06. The average Bonchev–Trinajstić information content (AvgIpc) is 2.04. The van der Waals surface area contributed by atoms with E-state index in [4.69, 9.17) is 18.0 Å². The molecule has 0 bridgehead atoms. The SMILES string of the molecule is C#Cc1ccc(C(F)F)nc1Cl. The van der Waals surface area contributed by atoms with Crippen LogP contribution in [0.3, 0.4) is 0 Å². The maximum atomic E-state index is 12.0. The lowest BCUT2D eigenvalue weighted by atomic mass is 10.2. The Hall–Kier alpha value is -1.14. The highest BCUT2D eigenvalue weighted by atomic mass is 35.5. The van der Waals surface area contributed by atoms with Crippen molar-refractivity contribution in [3.8, 4) is 12.3 Å². The van der Waals surface area contributed by atoms with Crippen molar-refractivity contribution in [1.29, 1.82) is 0 Å². The summed E-state index contributed by atoms with van der Waals surface area (Å²) in [6.45, 7) is 0. The second-order valence-corrected chi connectivity index (χ2v) is 2.38. The molecule has 1 heterocycles. The van der Waals surface area contributed by atoms with Crippen LogP contribution in [0.15, 0.2) is 12.1 Å². The largest absolute Gasteiger partial charge is 0.280 e. The molecule has 0 atom stereocenters. The maximum absolute atomic E-state index is 12.0. The van der Waals surface area contributed by atoms with Crippen molar-refractivity contribution in [1.82, 2.24) is 4.98 Å². The Morgan fingerprint density at radius 3 is 2.58 bits per heavy atom. The zero-order valence-corrected chi connectivity index (χ0v) is 6.65. The molecule has 62 valence electrons. The van der Waals surface area contributed by atoms with Gasteiger partial charge in [0.2, 0.25) is 0 Å². The molecule has 0 unspecified atom stereocenters. The molecule has 0 spiro atoms. The molecule has 0 saturated heterocycles. The zero-order chi connectivity index (χ0) is 9.14. The number of hydrogen-bond acceptors (Lipinski definition) is 1. The van der Waals surface area contributed by atoms with Crippen LogP contribution in [0, 0.1) is 12.3 Å². The third kappa shape index (κ3) is 1.72. The van der Waals surface area contributed by atoms with Crippen molar-refractivity contribution in [3.05, 3.63) is 28.5 Å². The van der Waals surface area contributed by atoms with Crippen LogP contribution in [0.5, 0.6) is 0 Å². The zero-order valence-electron chi connectivity index (χ0n) is 5.89. The highest BCUT2D eigenvalue weighted by Gasteiger charge is 2.10. The van der Waals surface area contributed by atoms with Crippen LogP contribution in [0.1, 0.15) is 17.7 Å². The summed E-state index contributed by atoms with van der Waals surface area (Å²) in [4.78, 5) is 3.42. The van der Waals surface area contributed by atoms with Gasteiger partial charge in [-0.2, -0.15) is 0 Å². The monoisotopic (exact) mass is 187 g/mol. The molecule has 12 heavy (non-hydrogen) atoms. The van der Waals surface area contributed by atoms with Gasteiger partial charge in [-0.05, 0) is 12.1 Å².